The molecule has 0 saturated heterocycles. The van der Waals surface area contributed by atoms with Crippen molar-refractivity contribution in [2.24, 2.45) is 0 Å². The number of hydrogen-bond donors (Lipinski definition) is 1. The van der Waals surface area contributed by atoms with Crippen molar-refractivity contribution in [3.8, 4) is 5.82 Å². The lowest BCUT2D eigenvalue weighted by atomic mass is 10.4. The van der Waals surface area contributed by atoms with Crippen molar-refractivity contribution in [1.29, 1.82) is 0 Å². The first-order chi connectivity index (χ1) is 9.75. The Balaban J connectivity index is 2.70. The molecule has 0 aliphatic rings. The van der Waals surface area contributed by atoms with E-state index in [-0.39, 0.29) is 10.7 Å². The van der Waals surface area contributed by atoms with Gasteiger partial charge in [-0.2, -0.15) is 9.78 Å². The van der Waals surface area contributed by atoms with Crippen molar-refractivity contribution in [2.75, 3.05) is 30.5 Å². The Morgan fingerprint density at radius 3 is 2.48 bits per heavy atom. The monoisotopic (exact) mass is 310 g/mol. The smallest absolute Gasteiger partial charge is 0.182 e. The van der Waals surface area contributed by atoms with E-state index < -0.39 is 9.84 Å². The number of sulfone groups is 1. The maximum absolute atomic E-state index is 12.0. The third-order valence-corrected chi connectivity index (χ3v) is 4.20. The van der Waals surface area contributed by atoms with E-state index in [9.17, 15) is 8.42 Å². The van der Waals surface area contributed by atoms with E-state index in [0.717, 1.165) is 11.9 Å². The normalized spacial score (nSPS) is 11.6. The molecular formula is C12H18N6O2S. The SMILES string of the molecule is CCN(C)c1nn(-c2ccc(C)nn2)c(N)c1S(C)(=O)=O. The fourth-order valence-electron chi connectivity index (χ4n) is 1.84. The molecule has 0 bridgehead atoms. The molecule has 2 aromatic heterocycles. The summed E-state index contributed by atoms with van der Waals surface area (Å²) in [5, 5.41) is 12.2. The van der Waals surface area contributed by atoms with Crippen LogP contribution < -0.4 is 10.6 Å². The lowest BCUT2D eigenvalue weighted by Crippen LogP contribution is -2.19. The maximum atomic E-state index is 12.0. The topological polar surface area (TPSA) is 107 Å². The quantitative estimate of drug-likeness (QED) is 0.871. The molecule has 0 radical (unpaired) electrons. The number of nitrogens with zero attached hydrogens (tertiary/aromatic N) is 5. The average Bonchev–Trinajstić information content (AvgIpc) is 2.76. The van der Waals surface area contributed by atoms with E-state index in [2.05, 4.69) is 15.3 Å². The first-order valence-electron chi connectivity index (χ1n) is 6.36. The second-order valence-corrected chi connectivity index (χ2v) is 6.72. The minimum Gasteiger partial charge on any atom is -0.382 e. The summed E-state index contributed by atoms with van der Waals surface area (Å²) < 4.78 is 25.3. The molecule has 21 heavy (non-hydrogen) atoms. The van der Waals surface area contributed by atoms with Crippen molar-refractivity contribution in [2.45, 2.75) is 18.7 Å². The van der Waals surface area contributed by atoms with Gasteiger partial charge in [-0.05, 0) is 26.0 Å². The van der Waals surface area contributed by atoms with Crippen molar-refractivity contribution in [3.63, 3.8) is 0 Å². The molecule has 0 spiro atoms. The van der Waals surface area contributed by atoms with Gasteiger partial charge in [0.25, 0.3) is 0 Å². The molecule has 0 aromatic carbocycles. The van der Waals surface area contributed by atoms with E-state index in [1.54, 1.807) is 31.0 Å². The van der Waals surface area contributed by atoms with Crippen LogP contribution in [0.15, 0.2) is 17.0 Å². The van der Waals surface area contributed by atoms with Gasteiger partial charge in [-0.1, -0.05) is 0 Å². The fraction of sp³-hybridized carbons (Fsp3) is 0.417. The van der Waals surface area contributed by atoms with Gasteiger partial charge in [-0.25, -0.2) is 8.42 Å². The second kappa shape index (κ2) is 5.32. The Kier molecular flexibility index (Phi) is 3.86. The summed E-state index contributed by atoms with van der Waals surface area (Å²) in [6.07, 6.45) is 1.11. The number of aromatic nitrogens is 4. The molecule has 0 fully saturated rings. The summed E-state index contributed by atoms with van der Waals surface area (Å²) >= 11 is 0. The summed E-state index contributed by atoms with van der Waals surface area (Å²) in [5.41, 5.74) is 6.73. The highest BCUT2D eigenvalue weighted by Gasteiger charge is 2.27. The fourth-order valence-corrected chi connectivity index (χ4v) is 2.83. The van der Waals surface area contributed by atoms with Gasteiger partial charge >= 0.3 is 0 Å². The van der Waals surface area contributed by atoms with Crippen molar-refractivity contribution in [3.05, 3.63) is 17.8 Å². The van der Waals surface area contributed by atoms with Gasteiger partial charge in [-0.3, -0.25) is 0 Å². The van der Waals surface area contributed by atoms with Crippen LogP contribution in [0, 0.1) is 6.92 Å². The highest BCUT2D eigenvalue weighted by atomic mass is 32.2. The van der Waals surface area contributed by atoms with Gasteiger partial charge < -0.3 is 10.6 Å². The third-order valence-electron chi connectivity index (χ3n) is 3.07. The van der Waals surface area contributed by atoms with Crippen LogP contribution in [0.4, 0.5) is 11.6 Å². The zero-order valence-electron chi connectivity index (χ0n) is 12.4. The molecular weight excluding hydrogens is 292 g/mol. The molecule has 8 nitrogen and oxygen atoms in total. The number of nitrogens with two attached hydrogens (primary N) is 1. The second-order valence-electron chi connectivity index (χ2n) is 4.77. The Labute approximate surface area is 123 Å². The highest BCUT2D eigenvalue weighted by molar-refractivity contribution is 7.91. The number of rotatable bonds is 4. The molecule has 0 atom stereocenters. The molecule has 0 unspecified atom stereocenters. The molecule has 0 aliphatic carbocycles. The summed E-state index contributed by atoms with van der Waals surface area (Å²) in [4.78, 5) is 1.72. The average molecular weight is 310 g/mol. The third kappa shape index (κ3) is 2.82. The number of nitrogen functional groups attached to an aromatic ring is 1. The zero-order chi connectivity index (χ0) is 15.8. The number of aryl methyl sites for hydroxylation is 1. The number of anilines is 2. The molecule has 0 amide bonds. The van der Waals surface area contributed by atoms with Crippen LogP contribution in [0.5, 0.6) is 0 Å². The van der Waals surface area contributed by atoms with Crippen LogP contribution in [-0.4, -0.2) is 48.2 Å². The lowest BCUT2D eigenvalue weighted by Gasteiger charge is -2.14. The van der Waals surface area contributed by atoms with Gasteiger partial charge in [0.2, 0.25) is 0 Å². The molecule has 0 aliphatic heterocycles. The van der Waals surface area contributed by atoms with E-state index in [0.29, 0.717) is 18.2 Å². The van der Waals surface area contributed by atoms with Gasteiger partial charge in [0.1, 0.15) is 5.82 Å². The van der Waals surface area contributed by atoms with Crippen LogP contribution in [0.3, 0.4) is 0 Å². The van der Waals surface area contributed by atoms with Crippen LogP contribution in [0.25, 0.3) is 5.82 Å². The van der Waals surface area contributed by atoms with Gasteiger partial charge in [0.15, 0.2) is 26.4 Å². The van der Waals surface area contributed by atoms with Crippen molar-refractivity contribution < 1.29 is 8.42 Å². The summed E-state index contributed by atoms with van der Waals surface area (Å²) in [6.45, 7) is 4.30. The molecule has 2 heterocycles. The van der Waals surface area contributed by atoms with Gasteiger partial charge in [0.05, 0.1) is 5.69 Å². The first kappa shape index (κ1) is 15.2. The first-order valence-corrected chi connectivity index (χ1v) is 8.25. The summed E-state index contributed by atoms with van der Waals surface area (Å²) in [6, 6.07) is 3.44. The van der Waals surface area contributed by atoms with Crippen LogP contribution in [0.1, 0.15) is 12.6 Å². The molecule has 2 rings (SSSR count). The lowest BCUT2D eigenvalue weighted by molar-refractivity contribution is 0.602. The zero-order valence-corrected chi connectivity index (χ0v) is 13.2. The highest BCUT2D eigenvalue weighted by Crippen LogP contribution is 2.30. The van der Waals surface area contributed by atoms with Crippen molar-refractivity contribution in [1.82, 2.24) is 20.0 Å². The Hall–Kier alpha value is -2.16. The largest absolute Gasteiger partial charge is 0.382 e. The maximum Gasteiger partial charge on any atom is 0.182 e. The predicted octanol–water partition coefficient (Wildman–Crippen LogP) is 0.413. The van der Waals surface area contributed by atoms with E-state index in [1.165, 1.54) is 4.68 Å². The molecule has 114 valence electrons. The standard InChI is InChI=1S/C12H18N6O2S/c1-5-17(3)12-10(21(4,19)20)11(13)18(16-12)9-7-6-8(2)14-15-9/h6-7H,5,13H2,1-4H3. The number of hydrogen-bond acceptors (Lipinski definition) is 7. The van der Waals surface area contributed by atoms with E-state index in [4.69, 9.17) is 5.73 Å². The van der Waals surface area contributed by atoms with Gasteiger partial charge in [-0.15, -0.1) is 10.2 Å². The molecule has 0 saturated carbocycles. The van der Waals surface area contributed by atoms with Crippen LogP contribution in [0.2, 0.25) is 0 Å². The minimum atomic E-state index is -3.51. The van der Waals surface area contributed by atoms with Crippen LogP contribution >= 0.6 is 0 Å². The minimum absolute atomic E-state index is 0.00854. The summed E-state index contributed by atoms with van der Waals surface area (Å²) in [5.74, 6) is 0.713. The van der Waals surface area contributed by atoms with Crippen LogP contribution in [-0.2, 0) is 9.84 Å². The molecule has 2 aromatic rings. The van der Waals surface area contributed by atoms with E-state index >= 15 is 0 Å². The molecule has 2 N–H and O–H groups in total. The summed E-state index contributed by atoms with van der Waals surface area (Å²) in [7, 11) is -1.76. The Morgan fingerprint density at radius 1 is 1.33 bits per heavy atom. The predicted molar refractivity (Wildman–Crippen MR) is 80.4 cm³/mol. The van der Waals surface area contributed by atoms with E-state index in [1.807, 2.05) is 6.92 Å². The Bertz CT molecular complexity index is 751. The molecule has 9 heteroatoms. The van der Waals surface area contributed by atoms with Gasteiger partial charge in [0, 0.05) is 19.8 Å². The Morgan fingerprint density at radius 2 is 2.00 bits per heavy atom. The van der Waals surface area contributed by atoms with Crippen molar-refractivity contribution >= 4 is 21.5 Å².